The summed E-state index contributed by atoms with van der Waals surface area (Å²) in [5.41, 5.74) is 27.6. The second kappa shape index (κ2) is 22.0. The minimum absolute atomic E-state index is 0. The van der Waals surface area contributed by atoms with E-state index in [9.17, 15) is 0 Å². The van der Waals surface area contributed by atoms with Crippen molar-refractivity contribution in [1.82, 2.24) is 9.55 Å². The number of hydrogen-bond acceptors (Lipinski definition) is 5. The molecule has 0 unspecified atom stereocenters. The summed E-state index contributed by atoms with van der Waals surface area (Å²) in [7, 11) is 0. The number of anilines is 7. The third kappa shape index (κ3) is 10.8. The largest absolute Gasteiger partial charge is 0.412 e. The number of benzene rings is 9. The highest BCUT2D eigenvalue weighted by Gasteiger charge is 2.17. The van der Waals surface area contributed by atoms with Crippen LogP contribution in [0.4, 0.5) is 45.5 Å². The molecule has 2 heterocycles. The van der Waals surface area contributed by atoms with E-state index >= 15 is 0 Å². The first-order valence-electron chi connectivity index (χ1n) is 22.8. The first-order valence-corrected chi connectivity index (χ1v) is 22.8. The molecule has 69 heavy (non-hydrogen) atoms. The number of nitrogen functional groups attached to an aromatic ring is 2. The molecular weight excluding hydrogens is 849 g/mol. The maximum absolute atomic E-state index is 6.89. The molecule has 0 atom stereocenters. The van der Waals surface area contributed by atoms with Crippen LogP contribution in [0.2, 0.25) is 0 Å². The fourth-order valence-corrected chi connectivity index (χ4v) is 8.53. The quantitative estimate of drug-likeness (QED) is 0.0527. The Morgan fingerprint density at radius 2 is 1.19 bits per heavy atom. The topological polar surface area (TPSA) is 144 Å². The number of hydrogen-bond donors (Lipinski definition) is 5. The van der Waals surface area contributed by atoms with Crippen molar-refractivity contribution in [3.8, 4) is 16.8 Å². The highest BCUT2D eigenvalue weighted by molar-refractivity contribution is 6.09. The Morgan fingerprint density at radius 3 is 1.86 bits per heavy atom. The van der Waals surface area contributed by atoms with E-state index in [-0.39, 0.29) is 5.48 Å². The van der Waals surface area contributed by atoms with Crippen molar-refractivity contribution >= 4 is 84.5 Å². The van der Waals surface area contributed by atoms with Crippen molar-refractivity contribution in [2.24, 2.45) is 4.99 Å². The summed E-state index contributed by atoms with van der Waals surface area (Å²) in [5.74, 6) is 0. The number of aliphatic imine (C=N–C) groups is 1. The fourth-order valence-electron chi connectivity index (χ4n) is 8.53. The molecule has 9 N–H and O–H groups in total. The lowest BCUT2D eigenvalue weighted by Gasteiger charge is -2.26. The van der Waals surface area contributed by atoms with Crippen LogP contribution >= 0.6 is 0 Å². The zero-order valence-electron chi connectivity index (χ0n) is 38.7. The third-order valence-electron chi connectivity index (χ3n) is 11.7. The number of aromatic amines is 1. The zero-order chi connectivity index (χ0) is 46.7. The Labute approximate surface area is 403 Å². The van der Waals surface area contributed by atoms with Gasteiger partial charge in [0, 0.05) is 56.8 Å². The predicted octanol–water partition coefficient (Wildman–Crippen LogP) is 14.6. The molecule has 0 bridgehead atoms. The van der Waals surface area contributed by atoms with Crippen LogP contribution in [0.25, 0.3) is 49.5 Å². The number of nitrogens with one attached hydrogen (secondary N) is 3. The molecular formula is C60H56N8O. The van der Waals surface area contributed by atoms with Crippen LogP contribution in [-0.2, 0) is 0 Å². The molecule has 0 saturated heterocycles. The van der Waals surface area contributed by atoms with E-state index in [2.05, 4.69) is 190 Å². The monoisotopic (exact) mass is 904 g/mol. The minimum atomic E-state index is 0. The van der Waals surface area contributed by atoms with Gasteiger partial charge < -0.3 is 42.0 Å². The average Bonchev–Trinajstić information content (AvgIpc) is 3.93. The number of fused-ring (bicyclic) bond motifs is 4. The molecule has 342 valence electrons. The first kappa shape index (κ1) is 46.5. The molecule has 9 nitrogen and oxygen atoms in total. The van der Waals surface area contributed by atoms with E-state index in [0.717, 1.165) is 79.9 Å². The predicted molar refractivity (Wildman–Crippen MR) is 295 cm³/mol. The van der Waals surface area contributed by atoms with Gasteiger partial charge >= 0.3 is 0 Å². The SMILES string of the molecule is CCN(c1cccc(-c2ccccc2Nc2ccccc2NC=Nc2ccccc2)c1)c1ccc(-n2c3ccccc3c3ccccc32)cc1N.Cc1cc2ccccc2[nH]1.Nc1ccccc1.O. The van der Waals surface area contributed by atoms with E-state index in [1.54, 1.807) is 6.34 Å². The first-order chi connectivity index (χ1) is 33.4. The van der Waals surface area contributed by atoms with Gasteiger partial charge in [0.15, 0.2) is 0 Å². The maximum atomic E-state index is 6.89. The molecule has 0 saturated carbocycles. The molecule has 2 aromatic heterocycles. The Morgan fingerprint density at radius 1 is 0.580 bits per heavy atom. The average molecular weight is 905 g/mol. The highest BCUT2D eigenvalue weighted by Crippen LogP contribution is 2.39. The molecule has 11 rings (SSSR count). The van der Waals surface area contributed by atoms with Gasteiger partial charge in [0.2, 0.25) is 0 Å². The van der Waals surface area contributed by atoms with E-state index in [0.29, 0.717) is 0 Å². The summed E-state index contributed by atoms with van der Waals surface area (Å²) in [6.45, 7) is 4.99. The standard InChI is InChI=1S/C45H38N6.C9H9N.C6H7N.H2O/c1-2-50(45-28-27-35(30-39(45)46)51-43-25-12-7-20-37(43)38-21-8-13-26-44(38)51)34-18-14-15-32(29-34)36-19-6-9-22-40(36)49-42-24-11-10-23-41(42)48-31-47-33-16-4-3-5-17-33;1-7-6-8-4-2-3-5-9(8)10-7;7-6-4-2-1-3-5-6;/h3-31,49H,2,46H2,1H3,(H,47,48);2-6,10H,1H3;1-5H,7H2;1H2. The van der Waals surface area contributed by atoms with Crippen molar-refractivity contribution in [1.29, 1.82) is 0 Å². The summed E-state index contributed by atoms with van der Waals surface area (Å²) in [6, 6.07) is 78.5. The number of aromatic nitrogens is 2. The van der Waals surface area contributed by atoms with E-state index in [1.807, 2.05) is 84.9 Å². The van der Waals surface area contributed by atoms with Crippen LogP contribution in [0.1, 0.15) is 12.6 Å². The van der Waals surface area contributed by atoms with Gasteiger partial charge in [-0.3, -0.25) is 0 Å². The Hall–Kier alpha value is -9.05. The Balaban J connectivity index is 0.000000297. The lowest BCUT2D eigenvalue weighted by Crippen LogP contribution is -2.17. The molecule has 9 heteroatoms. The molecule has 0 aliphatic rings. The van der Waals surface area contributed by atoms with Crippen LogP contribution in [0.15, 0.2) is 236 Å². The molecule has 9 aromatic carbocycles. The molecule has 0 radical (unpaired) electrons. The van der Waals surface area contributed by atoms with E-state index in [1.165, 1.54) is 27.4 Å². The van der Waals surface area contributed by atoms with Gasteiger partial charge in [-0.25, -0.2) is 4.99 Å². The molecule has 0 fully saturated rings. The van der Waals surface area contributed by atoms with Gasteiger partial charge in [-0.2, -0.15) is 0 Å². The molecule has 0 amide bonds. The summed E-state index contributed by atoms with van der Waals surface area (Å²) < 4.78 is 2.30. The van der Waals surface area contributed by atoms with Crippen LogP contribution in [0, 0.1) is 6.92 Å². The third-order valence-corrected chi connectivity index (χ3v) is 11.7. The van der Waals surface area contributed by atoms with Gasteiger partial charge in [-0.05, 0) is 122 Å². The van der Waals surface area contributed by atoms with Crippen LogP contribution < -0.4 is 27.0 Å². The summed E-state index contributed by atoms with van der Waals surface area (Å²) in [5, 5.41) is 10.8. The van der Waals surface area contributed by atoms with Crippen LogP contribution in [0.5, 0.6) is 0 Å². The number of nitrogens with zero attached hydrogens (tertiary/aromatic N) is 3. The number of rotatable bonds is 10. The second-order valence-electron chi connectivity index (χ2n) is 16.3. The van der Waals surface area contributed by atoms with Crippen molar-refractivity contribution in [3.05, 3.63) is 236 Å². The lowest BCUT2D eigenvalue weighted by atomic mass is 10.0. The van der Waals surface area contributed by atoms with Gasteiger partial charge in [0.1, 0.15) is 0 Å². The van der Waals surface area contributed by atoms with Crippen LogP contribution in [-0.4, -0.2) is 27.9 Å². The van der Waals surface area contributed by atoms with Crippen molar-refractivity contribution in [2.75, 3.05) is 33.5 Å². The number of para-hydroxylation sites is 8. The van der Waals surface area contributed by atoms with Gasteiger partial charge in [0.25, 0.3) is 0 Å². The normalized spacial score (nSPS) is 10.8. The summed E-state index contributed by atoms with van der Waals surface area (Å²) in [4.78, 5) is 10.1. The lowest BCUT2D eigenvalue weighted by molar-refractivity contribution is 0.824. The smallest absolute Gasteiger partial charge is 0.0930 e. The van der Waals surface area contributed by atoms with Gasteiger partial charge in [-0.15, -0.1) is 0 Å². The zero-order valence-corrected chi connectivity index (χ0v) is 38.7. The molecule has 0 aliphatic heterocycles. The molecule has 0 aliphatic carbocycles. The number of aryl methyl sites for hydroxylation is 1. The van der Waals surface area contributed by atoms with Crippen molar-refractivity contribution in [3.63, 3.8) is 0 Å². The fraction of sp³-hybridized carbons (Fsp3) is 0.0500. The second-order valence-corrected chi connectivity index (χ2v) is 16.3. The van der Waals surface area contributed by atoms with Crippen LogP contribution in [0.3, 0.4) is 0 Å². The Bertz CT molecular complexity index is 3370. The highest BCUT2D eigenvalue weighted by atomic mass is 16.0. The Kier molecular flexibility index (Phi) is 14.8. The molecule has 11 aromatic rings. The molecule has 0 spiro atoms. The van der Waals surface area contributed by atoms with Gasteiger partial charge in [0.05, 0.1) is 45.8 Å². The summed E-state index contributed by atoms with van der Waals surface area (Å²) in [6.07, 6.45) is 1.73. The van der Waals surface area contributed by atoms with E-state index in [4.69, 9.17) is 11.5 Å². The van der Waals surface area contributed by atoms with E-state index < -0.39 is 0 Å². The number of H-pyrrole nitrogens is 1. The van der Waals surface area contributed by atoms with Crippen molar-refractivity contribution in [2.45, 2.75) is 13.8 Å². The number of nitrogens with two attached hydrogens (primary N) is 2. The van der Waals surface area contributed by atoms with Gasteiger partial charge in [-0.1, -0.05) is 133 Å². The maximum Gasteiger partial charge on any atom is 0.0930 e. The summed E-state index contributed by atoms with van der Waals surface area (Å²) >= 11 is 0. The minimum Gasteiger partial charge on any atom is -0.412 e. The van der Waals surface area contributed by atoms with Crippen molar-refractivity contribution < 1.29 is 5.48 Å².